The van der Waals surface area contributed by atoms with Gasteiger partial charge in [0.15, 0.2) is 11.5 Å². The van der Waals surface area contributed by atoms with Crippen LogP contribution in [0.25, 0.3) is 11.3 Å². The summed E-state index contributed by atoms with van der Waals surface area (Å²) in [5.74, 6) is 1.12. The molecule has 2 aromatic carbocycles. The second kappa shape index (κ2) is 11.8. The second-order valence-corrected chi connectivity index (χ2v) is 8.21. The Hall–Kier alpha value is -4.13. The normalized spacial score (nSPS) is 10.7. The summed E-state index contributed by atoms with van der Waals surface area (Å²) in [4.78, 5) is 18.8. The Bertz CT molecular complexity index is 1230. The molecule has 7 nitrogen and oxygen atoms in total. The van der Waals surface area contributed by atoms with Crippen LogP contribution in [0.2, 0.25) is 0 Å². The molecule has 2 aromatic heterocycles. The molecule has 1 amide bonds. The Morgan fingerprint density at radius 3 is 2.54 bits per heavy atom. The van der Waals surface area contributed by atoms with Gasteiger partial charge in [0, 0.05) is 42.8 Å². The van der Waals surface area contributed by atoms with Gasteiger partial charge in [-0.25, -0.2) is 0 Å². The molecule has 0 fully saturated rings. The molecule has 4 rings (SSSR count). The third-order valence-electron chi connectivity index (χ3n) is 5.62. The Morgan fingerprint density at radius 1 is 0.971 bits per heavy atom. The second-order valence-electron chi connectivity index (χ2n) is 8.21. The van der Waals surface area contributed by atoms with Gasteiger partial charge in [-0.05, 0) is 61.7 Å². The highest BCUT2D eigenvalue weighted by Gasteiger charge is 2.16. The largest absolute Gasteiger partial charge is 0.490 e. The zero-order valence-corrected chi connectivity index (χ0v) is 20.1. The predicted octanol–water partition coefficient (Wildman–Crippen LogP) is 5.15. The third-order valence-corrected chi connectivity index (χ3v) is 5.62. The number of carbonyl (C=O) groups excluding carboxylic acids is 1. The third kappa shape index (κ3) is 6.47. The van der Waals surface area contributed by atoms with Crippen LogP contribution in [0.5, 0.6) is 11.5 Å². The van der Waals surface area contributed by atoms with Crippen molar-refractivity contribution in [2.45, 2.75) is 26.4 Å². The lowest BCUT2D eigenvalue weighted by atomic mass is 10.1. The van der Waals surface area contributed by atoms with Crippen molar-refractivity contribution < 1.29 is 14.3 Å². The lowest BCUT2D eigenvalue weighted by Crippen LogP contribution is -2.28. The average molecular weight is 471 g/mol. The van der Waals surface area contributed by atoms with Gasteiger partial charge in [0.05, 0.1) is 12.3 Å². The lowest BCUT2D eigenvalue weighted by Gasteiger charge is -2.18. The SMILES string of the molecule is CCOc1cc(C(=O)N(C)CCCc2cc(-c3ccccc3)n[nH]2)ccc1OCc1ccncc1. The smallest absolute Gasteiger partial charge is 0.253 e. The lowest BCUT2D eigenvalue weighted by molar-refractivity contribution is 0.0793. The van der Waals surface area contributed by atoms with E-state index in [-0.39, 0.29) is 5.91 Å². The van der Waals surface area contributed by atoms with Crippen molar-refractivity contribution in [3.8, 4) is 22.8 Å². The zero-order chi connectivity index (χ0) is 24.5. The number of carbonyl (C=O) groups is 1. The van der Waals surface area contributed by atoms with E-state index in [9.17, 15) is 4.79 Å². The van der Waals surface area contributed by atoms with Crippen LogP contribution in [0.1, 0.15) is 35.0 Å². The Kier molecular flexibility index (Phi) is 8.12. The maximum Gasteiger partial charge on any atom is 0.253 e. The molecular weight excluding hydrogens is 440 g/mol. The number of hydrogen-bond acceptors (Lipinski definition) is 5. The maximum absolute atomic E-state index is 13.0. The van der Waals surface area contributed by atoms with Crippen molar-refractivity contribution in [2.75, 3.05) is 20.2 Å². The summed E-state index contributed by atoms with van der Waals surface area (Å²) in [6, 6.07) is 21.3. The number of pyridine rings is 1. The highest BCUT2D eigenvalue weighted by Crippen LogP contribution is 2.30. The average Bonchev–Trinajstić information content (AvgIpc) is 3.38. The van der Waals surface area contributed by atoms with Crippen molar-refractivity contribution in [2.24, 2.45) is 0 Å². The number of nitrogens with one attached hydrogen (secondary N) is 1. The first-order valence-electron chi connectivity index (χ1n) is 11.8. The molecule has 4 aromatic rings. The van der Waals surface area contributed by atoms with Gasteiger partial charge < -0.3 is 14.4 Å². The molecular formula is C28H30N4O3. The highest BCUT2D eigenvalue weighted by molar-refractivity contribution is 5.94. The van der Waals surface area contributed by atoms with E-state index >= 15 is 0 Å². The number of benzene rings is 2. The summed E-state index contributed by atoms with van der Waals surface area (Å²) in [6.07, 6.45) is 5.09. The van der Waals surface area contributed by atoms with Crippen LogP contribution in [-0.2, 0) is 13.0 Å². The van der Waals surface area contributed by atoms with E-state index < -0.39 is 0 Å². The van der Waals surface area contributed by atoms with Gasteiger partial charge in [0.2, 0.25) is 0 Å². The van der Waals surface area contributed by atoms with E-state index in [1.165, 1.54) is 0 Å². The molecule has 0 radical (unpaired) electrons. The molecule has 0 aliphatic rings. The molecule has 0 unspecified atom stereocenters. The minimum Gasteiger partial charge on any atom is -0.490 e. The monoisotopic (exact) mass is 470 g/mol. The number of H-pyrrole nitrogens is 1. The summed E-state index contributed by atoms with van der Waals surface area (Å²) in [5, 5.41) is 7.51. The number of hydrogen-bond donors (Lipinski definition) is 1. The van der Waals surface area contributed by atoms with Crippen molar-refractivity contribution in [1.29, 1.82) is 0 Å². The molecule has 7 heteroatoms. The van der Waals surface area contributed by atoms with E-state index in [1.54, 1.807) is 35.5 Å². The fourth-order valence-electron chi connectivity index (χ4n) is 3.74. The molecule has 0 bridgehead atoms. The molecule has 1 N–H and O–H groups in total. The Morgan fingerprint density at radius 2 is 1.77 bits per heavy atom. The quantitative estimate of drug-likeness (QED) is 0.328. The number of aromatic nitrogens is 3. The van der Waals surface area contributed by atoms with Crippen LogP contribution in [-0.4, -0.2) is 46.2 Å². The van der Waals surface area contributed by atoms with E-state index in [0.717, 1.165) is 35.4 Å². The number of amides is 1. The number of aryl methyl sites for hydroxylation is 1. The van der Waals surface area contributed by atoms with Crippen LogP contribution in [0.4, 0.5) is 0 Å². The minimum atomic E-state index is -0.0544. The highest BCUT2D eigenvalue weighted by atomic mass is 16.5. The van der Waals surface area contributed by atoms with E-state index in [1.807, 2.05) is 56.4 Å². The molecule has 0 atom stereocenters. The molecule has 0 saturated carbocycles. The van der Waals surface area contributed by atoms with Crippen LogP contribution < -0.4 is 9.47 Å². The van der Waals surface area contributed by atoms with Crippen molar-refractivity contribution in [3.63, 3.8) is 0 Å². The molecule has 0 spiro atoms. The first kappa shape index (κ1) is 24.0. The van der Waals surface area contributed by atoms with Gasteiger partial charge in [-0.1, -0.05) is 30.3 Å². The van der Waals surface area contributed by atoms with E-state index in [2.05, 4.69) is 21.2 Å². The minimum absolute atomic E-state index is 0.0544. The van der Waals surface area contributed by atoms with Crippen LogP contribution in [0.3, 0.4) is 0 Å². The summed E-state index contributed by atoms with van der Waals surface area (Å²) < 4.78 is 11.7. The standard InChI is InChI=1S/C28H30N4O3/c1-3-34-27-18-23(11-12-26(27)35-20-21-13-15-29-16-14-21)28(33)32(2)17-7-10-24-19-25(31-30-24)22-8-5-4-6-9-22/h4-6,8-9,11-16,18-19H,3,7,10,17,20H2,1-2H3,(H,30,31). The molecule has 0 aliphatic carbocycles. The van der Waals surface area contributed by atoms with E-state index in [0.29, 0.717) is 36.8 Å². The van der Waals surface area contributed by atoms with Gasteiger partial charge in [0.1, 0.15) is 6.61 Å². The maximum atomic E-state index is 13.0. The predicted molar refractivity (Wildman–Crippen MR) is 135 cm³/mol. The summed E-state index contributed by atoms with van der Waals surface area (Å²) >= 11 is 0. The van der Waals surface area contributed by atoms with Gasteiger partial charge in [-0.15, -0.1) is 0 Å². The summed E-state index contributed by atoms with van der Waals surface area (Å²) in [5.41, 5.74) is 4.65. The van der Waals surface area contributed by atoms with Gasteiger partial charge >= 0.3 is 0 Å². The molecule has 180 valence electrons. The zero-order valence-electron chi connectivity index (χ0n) is 20.1. The summed E-state index contributed by atoms with van der Waals surface area (Å²) in [6.45, 7) is 3.42. The van der Waals surface area contributed by atoms with Crippen molar-refractivity contribution in [3.05, 3.63) is 95.9 Å². The van der Waals surface area contributed by atoms with Gasteiger partial charge in [-0.3, -0.25) is 14.9 Å². The fraction of sp³-hybridized carbons (Fsp3) is 0.250. The molecule has 2 heterocycles. The first-order valence-corrected chi connectivity index (χ1v) is 11.8. The molecule has 0 aliphatic heterocycles. The van der Waals surface area contributed by atoms with Crippen LogP contribution in [0.15, 0.2) is 79.1 Å². The topological polar surface area (TPSA) is 80.3 Å². The van der Waals surface area contributed by atoms with Crippen molar-refractivity contribution in [1.82, 2.24) is 20.1 Å². The first-order chi connectivity index (χ1) is 17.1. The van der Waals surface area contributed by atoms with Gasteiger partial charge in [0.25, 0.3) is 5.91 Å². The number of ether oxygens (including phenoxy) is 2. The molecule has 35 heavy (non-hydrogen) atoms. The summed E-state index contributed by atoms with van der Waals surface area (Å²) in [7, 11) is 1.82. The number of aromatic amines is 1. The number of rotatable bonds is 11. The number of nitrogens with zero attached hydrogens (tertiary/aromatic N) is 3. The fourth-order valence-corrected chi connectivity index (χ4v) is 3.74. The Balaban J connectivity index is 1.33. The van der Waals surface area contributed by atoms with Crippen LogP contribution >= 0.6 is 0 Å². The van der Waals surface area contributed by atoms with Gasteiger partial charge in [-0.2, -0.15) is 5.10 Å². The van der Waals surface area contributed by atoms with Crippen LogP contribution in [0, 0.1) is 0 Å². The molecule has 0 saturated heterocycles. The van der Waals surface area contributed by atoms with E-state index in [4.69, 9.17) is 9.47 Å². The Labute approximate surface area is 205 Å². The van der Waals surface area contributed by atoms with Crippen molar-refractivity contribution >= 4 is 5.91 Å².